The van der Waals surface area contributed by atoms with Gasteiger partial charge in [0.2, 0.25) is 5.91 Å². The zero-order valence-corrected chi connectivity index (χ0v) is 41.3. The molecule has 3 N–H and O–H groups in total. The number of hydrogen-bond donors (Lipinski definition) is 3. The molecule has 0 spiro atoms. The summed E-state index contributed by atoms with van der Waals surface area (Å²) in [5.74, 6) is 2.59. The quantitative estimate of drug-likeness (QED) is 0.105. The number of carbonyl (C=O) groups excluding carboxylic acids is 4. The Balaban J connectivity index is 1.24. The third-order valence-corrected chi connectivity index (χ3v) is 13.6. The molecule has 2 fully saturated rings. The van der Waals surface area contributed by atoms with E-state index in [1.807, 2.05) is 39.0 Å². The standard InChI is InChI=1S/C52H65N6O8Si/c1-10-57-43-18-17-36-26-39(43)40(46(57)38-16-12-22-53-45(38)33(4)64-9)27-50(5,6)31-66-49(62)52(67)20-13-23-58(55-52)48(61)42(25-34-14-11-15-35(36)24-34)54-47(60)41(32(2)3)30-65-37-28-56(29-37)44(59)19-21-51(7,8)63/h11-12,14-18,22,24,26,32-33,37,41-42,55,63H,10,13,20,23,25,27-31H2,1-9H3,(H,54,60)/t33-,41-,42-,52-/m0/s1. The number of aromatic nitrogens is 2. The maximum absolute atomic E-state index is 14.7. The van der Waals surface area contributed by atoms with Crippen LogP contribution in [-0.4, -0.2) is 121 Å². The van der Waals surface area contributed by atoms with Crippen LogP contribution >= 0.6 is 0 Å². The number of likely N-dealkylation sites (tertiary alicyclic amines) is 1. The Kier molecular flexibility index (Phi) is 14.8. The number of nitrogens with zero attached hydrogens (tertiary/aromatic N) is 4. The number of nitrogens with one attached hydrogen (secondary N) is 2. The summed E-state index contributed by atoms with van der Waals surface area (Å²) in [4.78, 5) is 62.1. The first kappa shape index (κ1) is 49.5. The first-order valence-corrected chi connectivity index (χ1v) is 23.9. The van der Waals surface area contributed by atoms with Gasteiger partial charge in [-0.05, 0) is 105 Å². The lowest BCUT2D eigenvalue weighted by Gasteiger charge is -2.41. The van der Waals surface area contributed by atoms with Gasteiger partial charge in [-0.25, -0.2) is 5.43 Å². The van der Waals surface area contributed by atoms with Crippen molar-refractivity contribution < 1.29 is 38.5 Å². The number of hydrazine groups is 1. The van der Waals surface area contributed by atoms with Gasteiger partial charge in [0.15, 0.2) is 0 Å². The third kappa shape index (κ3) is 11.2. The highest BCUT2D eigenvalue weighted by Gasteiger charge is 2.43. The molecule has 0 unspecified atom stereocenters. The van der Waals surface area contributed by atoms with Crippen LogP contribution in [0.25, 0.3) is 33.3 Å². The Hall–Kier alpha value is -5.37. The molecule has 0 saturated carbocycles. The zero-order valence-electron chi connectivity index (χ0n) is 40.3. The van der Waals surface area contributed by atoms with Crippen molar-refractivity contribution in [2.45, 2.75) is 117 Å². The third-order valence-electron chi connectivity index (χ3n) is 13.0. The van der Waals surface area contributed by atoms with E-state index in [-0.39, 0.29) is 43.7 Å². The highest BCUT2D eigenvalue weighted by molar-refractivity contribution is 6.27. The van der Waals surface area contributed by atoms with Gasteiger partial charge in [0.05, 0.1) is 53.0 Å². The topological polar surface area (TPSA) is 165 Å². The number of pyridine rings is 1. The molecule has 4 atom stereocenters. The van der Waals surface area contributed by atoms with Gasteiger partial charge in [-0.15, -0.1) is 0 Å². The molecule has 0 aliphatic carbocycles. The number of ether oxygens (including phenoxy) is 3. The second-order valence-corrected chi connectivity index (χ2v) is 20.8. The molecule has 5 heterocycles. The van der Waals surface area contributed by atoms with Crippen molar-refractivity contribution >= 4 is 44.8 Å². The molecule has 3 aliphatic rings. The van der Waals surface area contributed by atoms with Crippen LogP contribution in [0.1, 0.15) is 91.2 Å². The SMILES string of the molecule is CCn1c(-c2cccnc2[C@H](C)OC)c2c3cc(ccc31)-c1cccc(c1)C[C@H](NC(=O)[C@@H](COC1CN(C(=O)C#CC(C)(C)O)C1)C(C)C)C(=O)N1CCC[C@@]([Si])(N1)C(=O)OCC(C)(C)C2. The molecule has 2 saturated heterocycles. The number of rotatable bonds is 10. The van der Waals surface area contributed by atoms with Gasteiger partial charge in [-0.3, -0.25) is 29.2 Å². The van der Waals surface area contributed by atoms with Crippen LogP contribution in [0.3, 0.4) is 0 Å². The molecular weight excluding hydrogens is 865 g/mol. The summed E-state index contributed by atoms with van der Waals surface area (Å²) in [6.07, 6.45) is 2.86. The molecule has 2 aromatic carbocycles. The summed E-state index contributed by atoms with van der Waals surface area (Å²) in [6.45, 7) is 17.0. The number of cyclic esters (lactones) is 1. The second kappa shape index (κ2) is 20.1. The Morgan fingerprint density at radius 1 is 1.09 bits per heavy atom. The average Bonchev–Trinajstić information content (AvgIpc) is 3.57. The van der Waals surface area contributed by atoms with Crippen LogP contribution < -0.4 is 10.7 Å². The van der Waals surface area contributed by atoms with E-state index < -0.39 is 45.9 Å². The molecule has 14 nitrogen and oxygen atoms in total. The maximum Gasteiger partial charge on any atom is 0.323 e. The summed E-state index contributed by atoms with van der Waals surface area (Å²) in [7, 11) is 5.42. The van der Waals surface area contributed by atoms with Crippen molar-refractivity contribution in [2.24, 2.45) is 17.3 Å². The van der Waals surface area contributed by atoms with Crippen LogP contribution in [0, 0.1) is 29.1 Å². The van der Waals surface area contributed by atoms with Crippen molar-refractivity contribution in [3.63, 3.8) is 0 Å². The molecule has 2 aromatic heterocycles. The fraction of sp³-hybridized carbons (Fsp3) is 0.519. The number of methoxy groups -OCH3 is 1. The van der Waals surface area contributed by atoms with Crippen molar-refractivity contribution in [1.82, 2.24) is 30.2 Å². The van der Waals surface area contributed by atoms with Gasteiger partial charge in [0.1, 0.15) is 16.8 Å². The van der Waals surface area contributed by atoms with Crippen LogP contribution in [-0.2, 0) is 52.8 Å². The van der Waals surface area contributed by atoms with E-state index in [1.165, 1.54) is 23.8 Å². The zero-order chi connectivity index (χ0) is 48.4. The summed E-state index contributed by atoms with van der Waals surface area (Å²) in [5, 5.41) is 14.1. The second-order valence-electron chi connectivity index (χ2n) is 19.9. The van der Waals surface area contributed by atoms with Gasteiger partial charge >= 0.3 is 5.97 Å². The van der Waals surface area contributed by atoms with Gasteiger partial charge in [0.25, 0.3) is 11.8 Å². The summed E-state index contributed by atoms with van der Waals surface area (Å²) in [6, 6.07) is 17.6. The van der Waals surface area contributed by atoms with Crippen molar-refractivity contribution in [1.29, 1.82) is 0 Å². The molecule has 3 aliphatic heterocycles. The molecule has 355 valence electrons. The number of amides is 3. The Morgan fingerprint density at radius 3 is 2.54 bits per heavy atom. The largest absolute Gasteiger partial charge is 0.464 e. The lowest BCUT2D eigenvalue weighted by molar-refractivity contribution is -0.158. The van der Waals surface area contributed by atoms with Crippen LogP contribution in [0.5, 0.6) is 0 Å². The van der Waals surface area contributed by atoms with E-state index in [9.17, 15) is 24.3 Å². The highest BCUT2D eigenvalue weighted by Crippen LogP contribution is 2.42. The molecular formula is C52H65N6O8Si. The van der Waals surface area contributed by atoms with E-state index in [4.69, 9.17) is 19.2 Å². The lowest BCUT2D eigenvalue weighted by Crippen LogP contribution is -2.67. The average molecular weight is 930 g/mol. The summed E-state index contributed by atoms with van der Waals surface area (Å²) in [5.41, 5.74) is 9.17. The predicted octanol–water partition coefficient (Wildman–Crippen LogP) is 5.52. The molecule has 3 amide bonds. The minimum absolute atomic E-state index is 0.0791. The normalized spacial score (nSPS) is 21.2. The van der Waals surface area contributed by atoms with Gasteiger partial charge < -0.3 is 34.1 Å². The van der Waals surface area contributed by atoms with E-state index in [2.05, 4.69) is 94.6 Å². The van der Waals surface area contributed by atoms with Gasteiger partial charge in [0, 0.05) is 67.8 Å². The van der Waals surface area contributed by atoms with E-state index in [1.54, 1.807) is 13.3 Å². The van der Waals surface area contributed by atoms with Crippen molar-refractivity contribution in [3.05, 3.63) is 77.6 Å². The number of aryl methyl sites for hydroxylation is 1. The lowest BCUT2D eigenvalue weighted by atomic mass is 9.84. The van der Waals surface area contributed by atoms with Crippen LogP contribution in [0.4, 0.5) is 0 Å². The maximum atomic E-state index is 14.7. The van der Waals surface area contributed by atoms with Crippen LogP contribution in [0.15, 0.2) is 60.8 Å². The fourth-order valence-corrected chi connectivity index (χ4v) is 9.51. The number of carbonyl (C=O) groups is 4. The molecule has 67 heavy (non-hydrogen) atoms. The highest BCUT2D eigenvalue weighted by atomic mass is 28.1. The van der Waals surface area contributed by atoms with E-state index in [0.29, 0.717) is 45.4 Å². The monoisotopic (exact) mass is 929 g/mol. The van der Waals surface area contributed by atoms with Gasteiger partial charge in [-0.1, -0.05) is 63.9 Å². The Labute approximate surface area is 397 Å². The molecule has 4 aromatic rings. The summed E-state index contributed by atoms with van der Waals surface area (Å²) >= 11 is 0. The molecule has 6 bridgehead atoms. The van der Waals surface area contributed by atoms with Crippen molar-refractivity contribution in [3.8, 4) is 34.2 Å². The number of benzene rings is 2. The number of hydrogen-bond acceptors (Lipinski definition) is 10. The molecule has 15 heteroatoms. The molecule has 3 radical (unpaired) electrons. The van der Waals surface area contributed by atoms with E-state index >= 15 is 0 Å². The summed E-state index contributed by atoms with van der Waals surface area (Å²) < 4.78 is 20.5. The first-order chi connectivity index (χ1) is 31.7. The first-order valence-electron chi connectivity index (χ1n) is 23.4. The number of esters is 1. The van der Waals surface area contributed by atoms with E-state index in [0.717, 1.165) is 50.1 Å². The van der Waals surface area contributed by atoms with Crippen molar-refractivity contribution in [2.75, 3.05) is 40.0 Å². The minimum atomic E-state index is -1.39. The number of aliphatic hydroxyl groups is 1. The minimum Gasteiger partial charge on any atom is -0.464 e. The fourth-order valence-electron chi connectivity index (χ4n) is 9.13. The molecule has 7 rings (SSSR count). The number of fused-ring (bicyclic) bond motifs is 6. The van der Waals surface area contributed by atoms with Crippen LogP contribution in [0.2, 0.25) is 0 Å². The van der Waals surface area contributed by atoms with Gasteiger partial charge in [-0.2, -0.15) is 0 Å². The Morgan fingerprint density at radius 2 is 1.84 bits per heavy atom. The Bertz CT molecular complexity index is 2570. The smallest absolute Gasteiger partial charge is 0.323 e. The predicted molar refractivity (Wildman–Crippen MR) is 257 cm³/mol.